The van der Waals surface area contributed by atoms with Gasteiger partial charge in [0.15, 0.2) is 5.69 Å². The minimum Gasteiger partial charge on any atom is -0.473 e. The van der Waals surface area contributed by atoms with E-state index >= 15 is 0 Å². The highest BCUT2D eigenvalue weighted by molar-refractivity contribution is 5.92. The van der Waals surface area contributed by atoms with Crippen LogP contribution in [0.1, 0.15) is 28.7 Å². The van der Waals surface area contributed by atoms with Gasteiger partial charge in [-0.2, -0.15) is 5.10 Å². The fourth-order valence-corrected chi connectivity index (χ4v) is 2.45. The Morgan fingerprint density at radius 1 is 1.44 bits per heavy atom. The van der Waals surface area contributed by atoms with Gasteiger partial charge in [0.05, 0.1) is 17.9 Å². The average Bonchev–Trinajstić information content (AvgIpc) is 3.23. The highest BCUT2D eigenvalue weighted by Crippen LogP contribution is 2.25. The Morgan fingerprint density at radius 3 is 2.96 bits per heavy atom. The molecule has 0 saturated carbocycles. The lowest BCUT2D eigenvalue weighted by atomic mass is 10.1. The molecule has 0 aliphatic rings. The molecule has 142 valence electrons. The van der Waals surface area contributed by atoms with Crippen LogP contribution in [0.2, 0.25) is 0 Å². The highest BCUT2D eigenvalue weighted by Gasteiger charge is 2.19. The minimum atomic E-state index is -0.377. The highest BCUT2D eigenvalue weighted by atomic mass is 16.5. The quantitative estimate of drug-likeness (QED) is 0.646. The Labute approximate surface area is 156 Å². The van der Waals surface area contributed by atoms with Crippen LogP contribution in [0, 0.1) is 6.92 Å². The summed E-state index contributed by atoms with van der Waals surface area (Å²) in [5.41, 5.74) is 2.29. The third kappa shape index (κ3) is 4.14. The maximum atomic E-state index is 12.1. The molecule has 3 rings (SSSR count). The lowest BCUT2D eigenvalue weighted by Gasteiger charge is -2.08. The van der Waals surface area contributed by atoms with Crippen molar-refractivity contribution in [1.82, 2.24) is 25.2 Å². The first-order chi connectivity index (χ1) is 13.0. The Balaban J connectivity index is 1.75. The van der Waals surface area contributed by atoms with E-state index in [-0.39, 0.29) is 30.9 Å². The number of nitrogens with zero attached hydrogens (tertiary/aromatic N) is 4. The number of carbonyl (C=O) groups is 1. The number of carbonyl (C=O) groups excluding carboxylic acids is 1. The van der Waals surface area contributed by atoms with Crippen LogP contribution < -0.4 is 10.1 Å². The summed E-state index contributed by atoms with van der Waals surface area (Å²) < 4.78 is 12.6. The lowest BCUT2D eigenvalue weighted by molar-refractivity contribution is 0.0916. The number of nitrogens with one attached hydrogen (secondary N) is 1. The van der Waals surface area contributed by atoms with Crippen LogP contribution in [0.5, 0.6) is 5.88 Å². The first-order valence-electron chi connectivity index (χ1n) is 8.44. The summed E-state index contributed by atoms with van der Waals surface area (Å²) in [5.74, 6) is 0.675. The molecule has 1 unspecified atom stereocenters. The summed E-state index contributed by atoms with van der Waals surface area (Å²) in [7, 11) is 1.68. The van der Waals surface area contributed by atoms with Crippen LogP contribution in [-0.2, 0) is 13.7 Å². The summed E-state index contributed by atoms with van der Waals surface area (Å²) in [6.07, 6.45) is 1.68. The van der Waals surface area contributed by atoms with Crippen LogP contribution in [0.3, 0.4) is 0 Å². The molecule has 0 bridgehead atoms. The second kappa shape index (κ2) is 8.00. The van der Waals surface area contributed by atoms with Gasteiger partial charge in [0.25, 0.3) is 5.91 Å². The van der Waals surface area contributed by atoms with E-state index in [0.717, 1.165) is 5.56 Å². The number of ether oxygens (including phenoxy) is 1. The van der Waals surface area contributed by atoms with Gasteiger partial charge >= 0.3 is 0 Å². The summed E-state index contributed by atoms with van der Waals surface area (Å²) >= 11 is 0. The van der Waals surface area contributed by atoms with Crippen molar-refractivity contribution in [2.75, 3.05) is 6.61 Å². The molecule has 1 atom stereocenters. The van der Waals surface area contributed by atoms with E-state index in [9.17, 15) is 4.79 Å². The Morgan fingerprint density at radius 2 is 2.26 bits per heavy atom. The average molecular weight is 371 g/mol. The SMILES string of the molecule is Cc1onc(-c2ccccn2)c1COc1cc(C(=O)NC(C)CO)nn1C. The van der Waals surface area contributed by atoms with Crippen molar-refractivity contribution in [1.29, 1.82) is 0 Å². The van der Waals surface area contributed by atoms with Gasteiger partial charge in [-0.05, 0) is 26.0 Å². The number of aryl methyl sites for hydroxylation is 2. The number of hydrogen-bond acceptors (Lipinski definition) is 7. The first-order valence-corrected chi connectivity index (χ1v) is 8.44. The number of hydrogen-bond donors (Lipinski definition) is 2. The molecule has 3 aromatic rings. The Hall–Kier alpha value is -3.20. The fraction of sp³-hybridized carbons (Fsp3) is 0.333. The van der Waals surface area contributed by atoms with E-state index in [1.807, 2.05) is 18.2 Å². The summed E-state index contributed by atoms with van der Waals surface area (Å²) in [6.45, 7) is 3.54. The summed E-state index contributed by atoms with van der Waals surface area (Å²) in [4.78, 5) is 16.4. The monoisotopic (exact) mass is 371 g/mol. The Bertz CT molecular complexity index is 919. The molecule has 0 aliphatic carbocycles. The van der Waals surface area contributed by atoms with Gasteiger partial charge in [0, 0.05) is 25.4 Å². The largest absolute Gasteiger partial charge is 0.473 e. The number of pyridine rings is 1. The van der Waals surface area contributed by atoms with Crippen molar-refractivity contribution in [2.24, 2.45) is 7.05 Å². The number of amides is 1. The number of aliphatic hydroxyl groups excluding tert-OH is 1. The van der Waals surface area contributed by atoms with Crippen LogP contribution in [-0.4, -0.2) is 43.6 Å². The molecule has 1 amide bonds. The zero-order valence-electron chi connectivity index (χ0n) is 15.3. The molecular formula is C18H21N5O4. The third-order valence-corrected chi connectivity index (χ3v) is 3.98. The van der Waals surface area contributed by atoms with Crippen LogP contribution >= 0.6 is 0 Å². The summed E-state index contributed by atoms with van der Waals surface area (Å²) in [5, 5.41) is 19.9. The molecule has 9 heteroatoms. The van der Waals surface area contributed by atoms with Gasteiger partial charge in [-0.25, -0.2) is 4.68 Å². The van der Waals surface area contributed by atoms with E-state index in [1.165, 1.54) is 4.68 Å². The van der Waals surface area contributed by atoms with Gasteiger partial charge in [-0.15, -0.1) is 0 Å². The molecule has 0 fully saturated rings. The number of rotatable bonds is 7. The van der Waals surface area contributed by atoms with Gasteiger partial charge in [-0.3, -0.25) is 9.78 Å². The molecule has 2 N–H and O–H groups in total. The van der Waals surface area contributed by atoms with Crippen LogP contribution in [0.15, 0.2) is 35.0 Å². The third-order valence-electron chi connectivity index (χ3n) is 3.98. The molecule has 0 aromatic carbocycles. The predicted molar refractivity (Wildman–Crippen MR) is 96.0 cm³/mol. The smallest absolute Gasteiger partial charge is 0.272 e. The molecule has 0 aliphatic heterocycles. The maximum absolute atomic E-state index is 12.1. The Kier molecular flexibility index (Phi) is 5.51. The topological polar surface area (TPSA) is 115 Å². The summed E-state index contributed by atoms with van der Waals surface area (Å²) in [6, 6.07) is 6.73. The second-order valence-electron chi connectivity index (χ2n) is 6.12. The van der Waals surface area contributed by atoms with Crippen molar-refractivity contribution >= 4 is 5.91 Å². The first kappa shape index (κ1) is 18.6. The molecule has 3 heterocycles. The van der Waals surface area contributed by atoms with E-state index in [0.29, 0.717) is 23.0 Å². The molecule has 0 spiro atoms. The zero-order valence-corrected chi connectivity index (χ0v) is 15.3. The molecule has 9 nitrogen and oxygen atoms in total. The van der Waals surface area contributed by atoms with Crippen molar-refractivity contribution in [3.63, 3.8) is 0 Å². The maximum Gasteiger partial charge on any atom is 0.272 e. The van der Waals surface area contributed by atoms with Gasteiger partial charge < -0.3 is 19.7 Å². The molecule has 0 saturated heterocycles. The normalized spacial score (nSPS) is 12.0. The predicted octanol–water partition coefficient (Wildman–Crippen LogP) is 1.47. The van der Waals surface area contributed by atoms with Gasteiger partial charge in [0.1, 0.15) is 18.1 Å². The van der Waals surface area contributed by atoms with Gasteiger partial charge in [-0.1, -0.05) is 11.2 Å². The molecule has 27 heavy (non-hydrogen) atoms. The van der Waals surface area contributed by atoms with Crippen LogP contribution in [0.25, 0.3) is 11.4 Å². The molecule has 0 radical (unpaired) electrons. The van der Waals surface area contributed by atoms with E-state index in [1.54, 1.807) is 33.2 Å². The van der Waals surface area contributed by atoms with Gasteiger partial charge in [0.2, 0.25) is 5.88 Å². The lowest BCUT2D eigenvalue weighted by Crippen LogP contribution is -2.35. The van der Waals surface area contributed by atoms with Crippen molar-refractivity contribution < 1.29 is 19.2 Å². The number of aromatic nitrogens is 4. The standard InChI is InChI=1S/C18H21N5O4/c1-11(9-24)20-18(25)15-8-16(23(3)21-15)26-10-13-12(2)27-22-17(13)14-6-4-5-7-19-14/h4-8,11,24H,9-10H2,1-3H3,(H,20,25). The fourth-order valence-electron chi connectivity index (χ4n) is 2.45. The molecular weight excluding hydrogens is 350 g/mol. The van der Waals surface area contributed by atoms with Crippen molar-refractivity contribution in [3.05, 3.63) is 47.5 Å². The minimum absolute atomic E-state index is 0.148. The van der Waals surface area contributed by atoms with Crippen molar-refractivity contribution in [3.8, 4) is 17.3 Å². The zero-order chi connectivity index (χ0) is 19.4. The second-order valence-corrected chi connectivity index (χ2v) is 6.12. The van der Waals surface area contributed by atoms with E-state index in [4.69, 9.17) is 14.4 Å². The molecule has 3 aromatic heterocycles. The van der Waals surface area contributed by atoms with Crippen LogP contribution in [0.4, 0.5) is 0 Å². The van der Waals surface area contributed by atoms with Crippen molar-refractivity contribution in [2.45, 2.75) is 26.5 Å². The van der Waals surface area contributed by atoms with E-state index in [2.05, 4.69) is 20.6 Å². The number of aliphatic hydroxyl groups is 1. The van der Waals surface area contributed by atoms with E-state index < -0.39 is 0 Å².